The molecule has 0 fully saturated rings. The zero-order chi connectivity index (χ0) is 22.7. The number of amides is 2. The lowest BCUT2D eigenvalue weighted by atomic mass is 10.0. The third kappa shape index (κ3) is 4.27. The second-order valence-electron chi connectivity index (χ2n) is 8.02. The van der Waals surface area contributed by atoms with Crippen molar-refractivity contribution in [3.8, 4) is 0 Å². The average Bonchev–Trinajstić information content (AvgIpc) is 3.35. The van der Waals surface area contributed by atoms with Crippen LogP contribution in [0.1, 0.15) is 58.4 Å². The van der Waals surface area contributed by atoms with Crippen molar-refractivity contribution in [1.82, 2.24) is 25.1 Å². The van der Waals surface area contributed by atoms with Gasteiger partial charge in [-0.25, -0.2) is 9.48 Å². The van der Waals surface area contributed by atoms with Gasteiger partial charge in [0.05, 0.1) is 17.7 Å². The minimum absolute atomic E-state index is 0.129. The smallest absolute Gasteiger partial charge is 0.331 e. The molecule has 1 unspecified atom stereocenters. The van der Waals surface area contributed by atoms with Crippen LogP contribution in [0.4, 0.5) is 0 Å². The summed E-state index contributed by atoms with van der Waals surface area (Å²) in [4.78, 5) is 39.5. The van der Waals surface area contributed by atoms with Gasteiger partial charge in [0, 0.05) is 0 Å². The zero-order valence-electron chi connectivity index (χ0n) is 17.8. The van der Waals surface area contributed by atoms with Crippen LogP contribution in [0.5, 0.6) is 0 Å². The second-order valence-corrected chi connectivity index (χ2v) is 8.02. The molecule has 1 aromatic heterocycles. The molecule has 0 saturated heterocycles. The van der Waals surface area contributed by atoms with E-state index in [2.05, 4.69) is 15.5 Å². The molecule has 0 aliphatic carbocycles. The monoisotopic (exact) mass is 433 g/mol. The van der Waals surface area contributed by atoms with Gasteiger partial charge < -0.3 is 4.74 Å². The molecule has 0 N–H and O–H groups in total. The topological polar surface area (TPSA) is 107 Å². The van der Waals surface area contributed by atoms with Crippen LogP contribution < -0.4 is 0 Å². The van der Waals surface area contributed by atoms with E-state index in [-0.39, 0.29) is 24.9 Å². The third-order valence-electron chi connectivity index (χ3n) is 5.22. The number of hydrogen-bond donors (Lipinski definition) is 0. The molecule has 2 aromatic carbocycles. The van der Waals surface area contributed by atoms with Gasteiger partial charge in [0.2, 0.25) is 0 Å². The van der Waals surface area contributed by atoms with E-state index < -0.39 is 23.8 Å². The van der Waals surface area contributed by atoms with E-state index in [1.54, 1.807) is 24.3 Å². The molecule has 0 bridgehead atoms. The van der Waals surface area contributed by atoms with Crippen LogP contribution in [0.3, 0.4) is 0 Å². The van der Waals surface area contributed by atoms with Crippen molar-refractivity contribution < 1.29 is 19.1 Å². The predicted molar refractivity (Wildman–Crippen MR) is 113 cm³/mol. The first-order valence-electron chi connectivity index (χ1n) is 10.4. The van der Waals surface area contributed by atoms with Gasteiger partial charge in [0.15, 0.2) is 11.9 Å². The molecule has 2 amide bonds. The Morgan fingerprint density at radius 3 is 2.22 bits per heavy atom. The van der Waals surface area contributed by atoms with Gasteiger partial charge >= 0.3 is 5.97 Å². The van der Waals surface area contributed by atoms with Crippen LogP contribution >= 0.6 is 0 Å². The molecule has 3 aromatic rings. The number of rotatable bonds is 8. The second kappa shape index (κ2) is 9.09. The van der Waals surface area contributed by atoms with E-state index in [1.165, 1.54) is 4.68 Å². The number of hydrogen-bond acceptors (Lipinski definition) is 7. The molecular formula is C23H23N5O4. The molecular weight excluding hydrogens is 410 g/mol. The molecule has 0 radical (unpaired) electrons. The van der Waals surface area contributed by atoms with Crippen LogP contribution in [0.15, 0.2) is 54.6 Å². The van der Waals surface area contributed by atoms with Crippen molar-refractivity contribution in [2.75, 3.05) is 0 Å². The highest BCUT2D eigenvalue weighted by molar-refractivity contribution is 6.21. The number of carbonyl (C=O) groups is 3. The number of ether oxygens (including phenoxy) is 1. The van der Waals surface area contributed by atoms with E-state index in [1.807, 2.05) is 44.2 Å². The SMILES string of the molecule is CC(C)CC(C(=O)OCc1ccccc1)n1nnnc1CN1C(=O)c2ccccc2C1=O. The van der Waals surface area contributed by atoms with Crippen molar-refractivity contribution in [2.24, 2.45) is 5.92 Å². The summed E-state index contributed by atoms with van der Waals surface area (Å²) in [5.41, 5.74) is 1.56. The first-order chi connectivity index (χ1) is 15.5. The van der Waals surface area contributed by atoms with Crippen molar-refractivity contribution in [3.63, 3.8) is 0 Å². The summed E-state index contributed by atoms with van der Waals surface area (Å²) in [5, 5.41) is 11.7. The van der Waals surface area contributed by atoms with Gasteiger partial charge in [-0.3, -0.25) is 14.5 Å². The Balaban J connectivity index is 1.54. The molecule has 1 aliphatic rings. The molecule has 9 nitrogen and oxygen atoms in total. The van der Waals surface area contributed by atoms with Gasteiger partial charge in [-0.1, -0.05) is 56.3 Å². The fraction of sp³-hybridized carbons (Fsp3) is 0.304. The number of esters is 1. The summed E-state index contributed by atoms with van der Waals surface area (Å²) in [6.07, 6.45) is 0.438. The molecule has 4 rings (SSSR count). The Morgan fingerprint density at radius 1 is 0.969 bits per heavy atom. The lowest BCUT2D eigenvalue weighted by molar-refractivity contribution is -0.150. The largest absolute Gasteiger partial charge is 0.459 e. The van der Waals surface area contributed by atoms with Crippen molar-refractivity contribution in [3.05, 3.63) is 77.1 Å². The molecule has 2 heterocycles. The Morgan fingerprint density at radius 2 is 1.59 bits per heavy atom. The van der Waals surface area contributed by atoms with E-state index in [9.17, 15) is 14.4 Å². The van der Waals surface area contributed by atoms with E-state index in [4.69, 9.17) is 4.74 Å². The number of fused-ring (bicyclic) bond motifs is 1. The van der Waals surface area contributed by atoms with Crippen molar-refractivity contribution >= 4 is 17.8 Å². The molecule has 164 valence electrons. The summed E-state index contributed by atoms with van der Waals surface area (Å²) in [7, 11) is 0. The summed E-state index contributed by atoms with van der Waals surface area (Å²) < 4.78 is 6.89. The summed E-state index contributed by atoms with van der Waals surface area (Å²) in [5.74, 6) is -0.902. The third-order valence-corrected chi connectivity index (χ3v) is 5.22. The molecule has 9 heteroatoms. The lowest BCUT2D eigenvalue weighted by Crippen LogP contribution is -2.33. The normalized spacial score (nSPS) is 14.0. The molecule has 0 saturated carbocycles. The summed E-state index contributed by atoms with van der Waals surface area (Å²) in [6, 6.07) is 15.2. The first kappa shape index (κ1) is 21.4. The van der Waals surface area contributed by atoms with Crippen LogP contribution in [0.25, 0.3) is 0 Å². The maximum atomic E-state index is 13.0. The molecule has 1 atom stereocenters. The Bertz CT molecular complexity index is 1110. The fourth-order valence-electron chi connectivity index (χ4n) is 3.65. The maximum absolute atomic E-state index is 13.0. The fourth-order valence-corrected chi connectivity index (χ4v) is 3.65. The van der Waals surface area contributed by atoms with Gasteiger partial charge in [0.25, 0.3) is 11.8 Å². The van der Waals surface area contributed by atoms with Gasteiger partial charge in [-0.2, -0.15) is 0 Å². The van der Waals surface area contributed by atoms with Gasteiger partial charge in [-0.05, 0) is 40.5 Å². The van der Waals surface area contributed by atoms with Gasteiger partial charge in [0.1, 0.15) is 6.61 Å². The van der Waals surface area contributed by atoms with Crippen LogP contribution in [-0.2, 0) is 22.7 Å². The minimum atomic E-state index is -0.779. The van der Waals surface area contributed by atoms with E-state index in [0.29, 0.717) is 17.5 Å². The number of tetrazole rings is 1. The van der Waals surface area contributed by atoms with Crippen molar-refractivity contribution in [1.29, 1.82) is 0 Å². The Hall–Kier alpha value is -3.88. The standard InChI is InChI=1S/C23H23N5O4/c1-15(2)12-19(23(31)32-14-16-8-4-3-5-9-16)28-20(24-25-26-28)13-27-21(29)17-10-6-7-11-18(17)22(27)30/h3-11,15,19H,12-14H2,1-2H3. The zero-order valence-corrected chi connectivity index (χ0v) is 17.8. The van der Waals surface area contributed by atoms with Crippen molar-refractivity contribution in [2.45, 2.75) is 39.5 Å². The number of carbonyl (C=O) groups excluding carboxylic acids is 3. The summed E-state index contributed by atoms with van der Waals surface area (Å²) >= 11 is 0. The first-order valence-corrected chi connectivity index (χ1v) is 10.4. The highest BCUT2D eigenvalue weighted by Crippen LogP contribution is 2.25. The highest BCUT2D eigenvalue weighted by atomic mass is 16.5. The number of imide groups is 1. The number of benzene rings is 2. The average molecular weight is 433 g/mol. The quantitative estimate of drug-likeness (QED) is 0.397. The van der Waals surface area contributed by atoms with Gasteiger partial charge in [-0.15, -0.1) is 5.10 Å². The predicted octanol–water partition coefficient (Wildman–Crippen LogP) is 2.80. The molecule has 1 aliphatic heterocycles. The van der Waals surface area contributed by atoms with Crippen LogP contribution in [-0.4, -0.2) is 42.9 Å². The number of aromatic nitrogens is 4. The highest BCUT2D eigenvalue weighted by Gasteiger charge is 2.37. The number of nitrogens with zero attached hydrogens (tertiary/aromatic N) is 5. The Labute approximate surface area is 185 Å². The molecule has 32 heavy (non-hydrogen) atoms. The van der Waals surface area contributed by atoms with Crippen LogP contribution in [0.2, 0.25) is 0 Å². The minimum Gasteiger partial charge on any atom is -0.459 e. The van der Waals surface area contributed by atoms with E-state index >= 15 is 0 Å². The molecule has 0 spiro atoms. The van der Waals surface area contributed by atoms with E-state index in [0.717, 1.165) is 10.5 Å². The lowest BCUT2D eigenvalue weighted by Gasteiger charge is -2.20. The van der Waals surface area contributed by atoms with Crippen LogP contribution in [0, 0.1) is 5.92 Å². The summed E-state index contributed by atoms with van der Waals surface area (Å²) in [6.45, 7) is 3.95. The Kier molecular flexibility index (Phi) is 6.07. The maximum Gasteiger partial charge on any atom is 0.331 e.